The third kappa shape index (κ3) is 6.00. The summed E-state index contributed by atoms with van der Waals surface area (Å²) >= 11 is 0. The minimum Gasteiger partial charge on any atom is -0.326 e. The fourth-order valence-electron chi connectivity index (χ4n) is 0.718. The summed E-state index contributed by atoms with van der Waals surface area (Å²) in [7, 11) is 1.40. The largest absolute Gasteiger partial charge is 0.326 e. The summed E-state index contributed by atoms with van der Waals surface area (Å²) in [6.07, 6.45) is 0. The van der Waals surface area contributed by atoms with Gasteiger partial charge in [0.15, 0.2) is 0 Å². The molecule has 0 saturated heterocycles. The van der Waals surface area contributed by atoms with Crippen molar-refractivity contribution in [3.63, 3.8) is 0 Å². The van der Waals surface area contributed by atoms with Crippen LogP contribution in [-0.2, 0) is 10.7 Å². The Morgan fingerprint density at radius 2 is 2.00 bits per heavy atom. The van der Waals surface area contributed by atoms with E-state index >= 15 is 0 Å². The molecule has 0 spiro atoms. The fourth-order valence-corrected chi connectivity index (χ4v) is 1.22. The summed E-state index contributed by atoms with van der Waals surface area (Å²) in [5.41, 5.74) is 5.45. The van der Waals surface area contributed by atoms with Gasteiger partial charge in [0.25, 0.3) is 0 Å². The molecular weight excluding hydrogens is 152 g/mol. The Morgan fingerprint density at radius 1 is 1.50 bits per heavy atom. The highest BCUT2D eigenvalue weighted by Crippen LogP contribution is 1.82. The second-order valence-electron chi connectivity index (χ2n) is 2.54. The number of rotatable bonds is 4. The molecule has 0 saturated carbocycles. The Morgan fingerprint density at radius 3 is 2.30 bits per heavy atom. The van der Waals surface area contributed by atoms with Crippen LogP contribution < -0.4 is 5.73 Å². The quantitative estimate of drug-likeness (QED) is 0.498. The lowest BCUT2D eigenvalue weighted by molar-refractivity contribution is 0.383. The average Bonchev–Trinajstić information content (AvgIpc) is 1.58. The highest BCUT2D eigenvalue weighted by atomic mass is 32.2. The first-order valence-corrected chi connectivity index (χ1v) is 4.40. The summed E-state index contributed by atoms with van der Waals surface area (Å²) in [6, 6.07) is -0.254. The van der Waals surface area contributed by atoms with Crippen molar-refractivity contribution in [3.05, 3.63) is 0 Å². The standard InChI is InChI=1S/C5H14N2O2S/c1-7(2)3-5(6)4-10(8)9/h5,10H,3-4,6H2,1-2H3/t5-/m1/s1. The third-order valence-electron chi connectivity index (χ3n) is 0.983. The van der Waals surface area contributed by atoms with E-state index in [0.717, 1.165) is 0 Å². The van der Waals surface area contributed by atoms with Gasteiger partial charge >= 0.3 is 0 Å². The molecule has 5 heteroatoms. The van der Waals surface area contributed by atoms with Crippen LogP contribution in [0.3, 0.4) is 0 Å². The highest BCUT2D eigenvalue weighted by molar-refractivity contribution is 7.72. The van der Waals surface area contributed by atoms with Gasteiger partial charge < -0.3 is 10.6 Å². The molecule has 0 fully saturated rings. The minimum atomic E-state index is -2.32. The molecule has 0 rings (SSSR count). The molecule has 0 radical (unpaired) electrons. The van der Waals surface area contributed by atoms with Crippen molar-refractivity contribution in [2.24, 2.45) is 5.73 Å². The molecule has 10 heavy (non-hydrogen) atoms. The summed E-state index contributed by atoms with van der Waals surface area (Å²) in [5, 5.41) is 0. The third-order valence-corrected chi connectivity index (χ3v) is 1.75. The summed E-state index contributed by atoms with van der Waals surface area (Å²) in [4.78, 5) is 1.86. The Labute approximate surface area is 63.0 Å². The highest BCUT2D eigenvalue weighted by Gasteiger charge is 2.03. The van der Waals surface area contributed by atoms with E-state index in [-0.39, 0.29) is 11.8 Å². The number of nitrogens with two attached hydrogens (primary N) is 1. The Balaban J connectivity index is 3.53. The molecule has 1 atom stereocenters. The number of hydrogen-bond acceptors (Lipinski definition) is 4. The van der Waals surface area contributed by atoms with Gasteiger partial charge in [-0.1, -0.05) is 0 Å². The molecule has 0 aliphatic rings. The second-order valence-corrected chi connectivity index (χ2v) is 3.57. The second kappa shape index (κ2) is 4.65. The zero-order valence-electron chi connectivity index (χ0n) is 6.28. The minimum absolute atomic E-state index is 0.0769. The van der Waals surface area contributed by atoms with E-state index in [2.05, 4.69) is 0 Å². The topological polar surface area (TPSA) is 63.4 Å². The molecule has 2 N–H and O–H groups in total. The van der Waals surface area contributed by atoms with Gasteiger partial charge in [0.1, 0.15) is 10.7 Å². The molecule has 0 unspecified atom stereocenters. The molecule has 0 bridgehead atoms. The molecule has 0 aromatic heterocycles. The van der Waals surface area contributed by atoms with Crippen LogP contribution in [-0.4, -0.2) is 45.8 Å². The van der Waals surface area contributed by atoms with E-state index < -0.39 is 10.7 Å². The van der Waals surface area contributed by atoms with Crippen molar-refractivity contribution < 1.29 is 8.42 Å². The van der Waals surface area contributed by atoms with Crippen molar-refractivity contribution in [2.75, 3.05) is 26.4 Å². The lowest BCUT2D eigenvalue weighted by atomic mass is 10.3. The Hall–Kier alpha value is -0.130. The lowest BCUT2D eigenvalue weighted by Gasteiger charge is -2.13. The van der Waals surface area contributed by atoms with Crippen LogP contribution >= 0.6 is 0 Å². The number of nitrogens with zero attached hydrogens (tertiary/aromatic N) is 1. The summed E-state index contributed by atoms with van der Waals surface area (Å²) < 4.78 is 20.3. The van der Waals surface area contributed by atoms with Crippen molar-refractivity contribution in [1.29, 1.82) is 0 Å². The zero-order valence-corrected chi connectivity index (χ0v) is 7.17. The van der Waals surface area contributed by atoms with Crippen LogP contribution in [0.5, 0.6) is 0 Å². The monoisotopic (exact) mass is 166 g/mol. The SMILES string of the molecule is CN(C)C[C@@H](N)C[SH](=O)=O. The molecule has 0 aromatic carbocycles. The maximum Gasteiger partial charge on any atom is 0.141 e. The van der Waals surface area contributed by atoms with E-state index in [1.165, 1.54) is 0 Å². The van der Waals surface area contributed by atoms with Crippen molar-refractivity contribution >= 4 is 10.7 Å². The van der Waals surface area contributed by atoms with Crippen LogP contribution in [0.4, 0.5) is 0 Å². The van der Waals surface area contributed by atoms with Crippen molar-refractivity contribution in [3.8, 4) is 0 Å². The first-order chi connectivity index (χ1) is 4.52. The van der Waals surface area contributed by atoms with Gasteiger partial charge in [-0.3, -0.25) is 0 Å². The van der Waals surface area contributed by atoms with Gasteiger partial charge in [0, 0.05) is 12.6 Å². The smallest absolute Gasteiger partial charge is 0.141 e. The molecule has 62 valence electrons. The zero-order chi connectivity index (χ0) is 8.15. The van der Waals surface area contributed by atoms with Crippen LogP contribution in [0.15, 0.2) is 0 Å². The van der Waals surface area contributed by atoms with E-state index in [0.29, 0.717) is 6.54 Å². The molecule has 0 heterocycles. The first-order valence-electron chi connectivity index (χ1n) is 3.04. The van der Waals surface area contributed by atoms with Gasteiger partial charge in [-0.15, -0.1) is 0 Å². The number of hydrogen-bond donors (Lipinski definition) is 2. The summed E-state index contributed by atoms with van der Waals surface area (Å²) in [5.74, 6) is 0.0769. The lowest BCUT2D eigenvalue weighted by Crippen LogP contribution is -2.36. The molecule has 0 aliphatic heterocycles. The number of thiol groups is 1. The summed E-state index contributed by atoms with van der Waals surface area (Å²) in [6.45, 7) is 0.614. The van der Waals surface area contributed by atoms with Gasteiger partial charge in [-0.05, 0) is 14.1 Å². The number of likely N-dealkylation sites (N-methyl/N-ethyl adjacent to an activating group) is 1. The van der Waals surface area contributed by atoms with Crippen molar-refractivity contribution in [2.45, 2.75) is 6.04 Å². The average molecular weight is 166 g/mol. The van der Waals surface area contributed by atoms with Gasteiger partial charge in [-0.2, -0.15) is 0 Å². The van der Waals surface area contributed by atoms with Crippen LogP contribution in [0.1, 0.15) is 0 Å². The normalized spacial score (nSPS) is 14.5. The molecule has 0 amide bonds. The molecule has 0 aromatic rings. The Bertz CT molecular complexity index is 148. The van der Waals surface area contributed by atoms with E-state index in [1.807, 2.05) is 19.0 Å². The maximum atomic E-state index is 10.1. The van der Waals surface area contributed by atoms with Crippen molar-refractivity contribution in [1.82, 2.24) is 4.90 Å². The van der Waals surface area contributed by atoms with Gasteiger partial charge in [-0.25, -0.2) is 8.42 Å². The van der Waals surface area contributed by atoms with Gasteiger partial charge in [0.2, 0.25) is 0 Å². The first kappa shape index (κ1) is 9.87. The Kier molecular flexibility index (Phi) is 4.59. The maximum absolute atomic E-state index is 10.1. The van der Waals surface area contributed by atoms with Crippen LogP contribution in [0, 0.1) is 0 Å². The van der Waals surface area contributed by atoms with E-state index in [4.69, 9.17) is 5.73 Å². The predicted octanol–water partition coefficient (Wildman–Crippen LogP) is -1.51. The van der Waals surface area contributed by atoms with Gasteiger partial charge in [0.05, 0.1) is 5.75 Å². The fraction of sp³-hybridized carbons (Fsp3) is 1.00. The van der Waals surface area contributed by atoms with Crippen LogP contribution in [0.2, 0.25) is 0 Å². The predicted molar refractivity (Wildman–Crippen MR) is 41.7 cm³/mol. The van der Waals surface area contributed by atoms with E-state index in [9.17, 15) is 8.42 Å². The molecule has 0 aliphatic carbocycles. The van der Waals surface area contributed by atoms with E-state index in [1.54, 1.807) is 0 Å². The van der Waals surface area contributed by atoms with Crippen LogP contribution in [0.25, 0.3) is 0 Å². The molecule has 4 nitrogen and oxygen atoms in total. The molecular formula is C5H14N2O2S.